The Hall–Kier alpha value is -3.02. The number of nitrogens with zero attached hydrogens (tertiary/aromatic N) is 1. The van der Waals surface area contributed by atoms with E-state index in [9.17, 15) is 9.59 Å². The molecule has 0 aromatic heterocycles. The lowest BCUT2D eigenvalue weighted by molar-refractivity contribution is -0.118. The van der Waals surface area contributed by atoms with E-state index in [-0.39, 0.29) is 18.4 Å². The van der Waals surface area contributed by atoms with Crippen LogP contribution in [0.4, 0.5) is 5.69 Å². The van der Waals surface area contributed by atoms with Crippen molar-refractivity contribution in [1.82, 2.24) is 4.90 Å². The number of rotatable bonds is 6. The molecule has 29 heavy (non-hydrogen) atoms. The molecule has 2 amide bonds. The number of hydrogen-bond acceptors (Lipinski definition) is 4. The van der Waals surface area contributed by atoms with Crippen LogP contribution in [0.1, 0.15) is 35.7 Å². The molecule has 6 heteroatoms. The van der Waals surface area contributed by atoms with Gasteiger partial charge in [-0.15, -0.1) is 0 Å². The Morgan fingerprint density at radius 1 is 1.07 bits per heavy atom. The highest BCUT2D eigenvalue weighted by Gasteiger charge is 2.21. The summed E-state index contributed by atoms with van der Waals surface area (Å²) in [5, 5.41) is 2.78. The summed E-state index contributed by atoms with van der Waals surface area (Å²) < 4.78 is 10.8. The first kappa shape index (κ1) is 20.7. The number of carbonyl (C=O) groups excluding carboxylic acids is 2. The Morgan fingerprint density at radius 3 is 2.41 bits per heavy atom. The van der Waals surface area contributed by atoms with Gasteiger partial charge < -0.3 is 19.7 Å². The summed E-state index contributed by atoms with van der Waals surface area (Å²) in [6.45, 7) is 5.65. The van der Waals surface area contributed by atoms with Crippen LogP contribution in [0.15, 0.2) is 42.5 Å². The molecule has 154 valence electrons. The number of anilines is 1. The molecule has 1 heterocycles. The summed E-state index contributed by atoms with van der Waals surface area (Å²) in [6, 6.07) is 12.5. The molecule has 0 radical (unpaired) electrons. The van der Waals surface area contributed by atoms with E-state index in [1.54, 1.807) is 37.4 Å². The van der Waals surface area contributed by atoms with E-state index in [2.05, 4.69) is 12.2 Å². The van der Waals surface area contributed by atoms with E-state index in [1.807, 2.05) is 24.0 Å². The predicted octanol–water partition coefficient (Wildman–Crippen LogP) is 3.89. The fourth-order valence-electron chi connectivity index (χ4n) is 3.32. The third-order valence-corrected chi connectivity index (χ3v) is 5.16. The Balaban J connectivity index is 1.53. The summed E-state index contributed by atoms with van der Waals surface area (Å²) >= 11 is 0. The zero-order chi connectivity index (χ0) is 20.8. The Bertz CT molecular complexity index is 856. The second-order valence-electron chi connectivity index (χ2n) is 7.54. The number of amides is 2. The number of benzene rings is 2. The molecule has 1 aliphatic heterocycles. The van der Waals surface area contributed by atoms with E-state index >= 15 is 0 Å². The summed E-state index contributed by atoms with van der Waals surface area (Å²) in [5.74, 6) is 1.55. The SMILES string of the molecule is COc1cc(C)ccc1OCC(=O)Nc1ccc(C(=O)N2CCC(C)CC2)cc1. The molecular formula is C23H28N2O4. The standard InChI is InChI=1S/C23H28N2O4/c1-16-10-12-25(13-11-16)23(27)18-5-7-19(8-6-18)24-22(26)15-29-20-9-4-17(2)14-21(20)28-3/h4-9,14,16H,10-13,15H2,1-3H3,(H,24,26). The van der Waals surface area contributed by atoms with Gasteiger partial charge in [0, 0.05) is 24.3 Å². The number of nitrogens with one attached hydrogen (secondary N) is 1. The molecule has 1 fully saturated rings. The summed E-state index contributed by atoms with van der Waals surface area (Å²) in [5.41, 5.74) is 2.31. The number of hydrogen-bond donors (Lipinski definition) is 1. The van der Waals surface area contributed by atoms with Gasteiger partial charge >= 0.3 is 0 Å². The van der Waals surface area contributed by atoms with Crippen molar-refractivity contribution >= 4 is 17.5 Å². The van der Waals surface area contributed by atoms with Crippen LogP contribution < -0.4 is 14.8 Å². The van der Waals surface area contributed by atoms with Crippen LogP contribution in [0.5, 0.6) is 11.5 Å². The fourth-order valence-corrected chi connectivity index (χ4v) is 3.32. The van der Waals surface area contributed by atoms with Crippen LogP contribution in [0, 0.1) is 12.8 Å². The molecule has 0 aliphatic carbocycles. The van der Waals surface area contributed by atoms with Crippen molar-refractivity contribution in [3.8, 4) is 11.5 Å². The van der Waals surface area contributed by atoms with Gasteiger partial charge in [0.25, 0.3) is 11.8 Å². The molecule has 1 aliphatic rings. The molecule has 2 aromatic rings. The third kappa shape index (κ3) is 5.50. The largest absolute Gasteiger partial charge is 0.493 e. The lowest BCUT2D eigenvalue weighted by Crippen LogP contribution is -2.37. The zero-order valence-corrected chi connectivity index (χ0v) is 17.2. The molecule has 1 N–H and O–H groups in total. The van der Waals surface area contributed by atoms with Crippen molar-refractivity contribution < 1.29 is 19.1 Å². The van der Waals surface area contributed by atoms with Crippen molar-refractivity contribution in [3.63, 3.8) is 0 Å². The van der Waals surface area contributed by atoms with Crippen molar-refractivity contribution in [2.24, 2.45) is 5.92 Å². The minimum absolute atomic E-state index is 0.0459. The fraction of sp³-hybridized carbons (Fsp3) is 0.391. The van der Waals surface area contributed by atoms with Crippen molar-refractivity contribution in [2.75, 3.05) is 32.1 Å². The number of methoxy groups -OCH3 is 1. The first-order chi connectivity index (χ1) is 14.0. The second-order valence-corrected chi connectivity index (χ2v) is 7.54. The zero-order valence-electron chi connectivity index (χ0n) is 17.2. The van der Waals surface area contributed by atoms with Gasteiger partial charge in [0.15, 0.2) is 18.1 Å². The van der Waals surface area contributed by atoms with Crippen LogP contribution in [0.3, 0.4) is 0 Å². The Kier molecular flexibility index (Phi) is 6.75. The Morgan fingerprint density at radius 2 is 1.76 bits per heavy atom. The highest BCUT2D eigenvalue weighted by Crippen LogP contribution is 2.27. The maximum atomic E-state index is 12.6. The number of aryl methyl sites for hydroxylation is 1. The van der Waals surface area contributed by atoms with E-state index in [1.165, 1.54) is 0 Å². The van der Waals surface area contributed by atoms with Gasteiger partial charge in [-0.05, 0) is 67.6 Å². The number of carbonyl (C=O) groups is 2. The van der Waals surface area contributed by atoms with Crippen molar-refractivity contribution in [3.05, 3.63) is 53.6 Å². The highest BCUT2D eigenvalue weighted by molar-refractivity contribution is 5.96. The molecule has 0 spiro atoms. The molecule has 0 atom stereocenters. The van der Waals surface area contributed by atoms with Gasteiger partial charge in [0.1, 0.15) is 0 Å². The average Bonchev–Trinajstić information content (AvgIpc) is 2.73. The van der Waals surface area contributed by atoms with Crippen molar-refractivity contribution in [2.45, 2.75) is 26.7 Å². The monoisotopic (exact) mass is 396 g/mol. The van der Waals surface area contributed by atoms with E-state index < -0.39 is 0 Å². The third-order valence-electron chi connectivity index (χ3n) is 5.16. The van der Waals surface area contributed by atoms with Crippen molar-refractivity contribution in [1.29, 1.82) is 0 Å². The maximum Gasteiger partial charge on any atom is 0.262 e. The van der Waals surface area contributed by atoms with Crippen LogP contribution in [-0.2, 0) is 4.79 Å². The van der Waals surface area contributed by atoms with Gasteiger partial charge in [-0.2, -0.15) is 0 Å². The van der Waals surface area contributed by atoms with Crippen LogP contribution in [0.25, 0.3) is 0 Å². The Labute approximate surface area is 171 Å². The minimum Gasteiger partial charge on any atom is -0.493 e. The van der Waals surface area contributed by atoms with Gasteiger partial charge in [-0.1, -0.05) is 13.0 Å². The number of ether oxygens (including phenoxy) is 2. The van der Waals surface area contributed by atoms with E-state index in [4.69, 9.17) is 9.47 Å². The summed E-state index contributed by atoms with van der Waals surface area (Å²) in [6.07, 6.45) is 2.09. The average molecular weight is 396 g/mol. The van der Waals surface area contributed by atoms with Gasteiger partial charge in [0.05, 0.1) is 7.11 Å². The van der Waals surface area contributed by atoms with E-state index in [0.29, 0.717) is 28.7 Å². The van der Waals surface area contributed by atoms with Gasteiger partial charge in [-0.3, -0.25) is 9.59 Å². The molecule has 0 unspecified atom stereocenters. The molecule has 6 nitrogen and oxygen atoms in total. The maximum absolute atomic E-state index is 12.6. The summed E-state index contributed by atoms with van der Waals surface area (Å²) in [4.78, 5) is 26.7. The van der Waals surface area contributed by atoms with Crippen LogP contribution in [0.2, 0.25) is 0 Å². The number of piperidine rings is 1. The van der Waals surface area contributed by atoms with Crippen LogP contribution >= 0.6 is 0 Å². The molecular weight excluding hydrogens is 368 g/mol. The molecule has 2 aromatic carbocycles. The lowest BCUT2D eigenvalue weighted by Gasteiger charge is -2.30. The topological polar surface area (TPSA) is 67.9 Å². The lowest BCUT2D eigenvalue weighted by atomic mass is 9.98. The normalized spacial score (nSPS) is 14.4. The van der Waals surface area contributed by atoms with Crippen LogP contribution in [-0.4, -0.2) is 43.5 Å². The predicted molar refractivity (Wildman–Crippen MR) is 113 cm³/mol. The minimum atomic E-state index is -0.281. The molecule has 0 bridgehead atoms. The smallest absolute Gasteiger partial charge is 0.262 e. The van der Waals surface area contributed by atoms with E-state index in [0.717, 1.165) is 31.5 Å². The molecule has 0 saturated carbocycles. The first-order valence-electron chi connectivity index (χ1n) is 9.93. The quantitative estimate of drug-likeness (QED) is 0.804. The second kappa shape index (κ2) is 9.45. The molecule has 3 rings (SSSR count). The van der Waals surface area contributed by atoms with Gasteiger partial charge in [-0.25, -0.2) is 0 Å². The van der Waals surface area contributed by atoms with Gasteiger partial charge in [0.2, 0.25) is 0 Å². The number of likely N-dealkylation sites (tertiary alicyclic amines) is 1. The first-order valence-corrected chi connectivity index (χ1v) is 9.93. The highest BCUT2D eigenvalue weighted by atomic mass is 16.5. The molecule has 1 saturated heterocycles. The summed E-state index contributed by atoms with van der Waals surface area (Å²) in [7, 11) is 1.56.